The third-order valence-electron chi connectivity index (χ3n) is 8.23. The Labute approximate surface area is 281 Å². The Hall–Kier alpha value is -4.80. The molecule has 0 bridgehead atoms. The van der Waals surface area contributed by atoms with E-state index in [0.29, 0.717) is 22.3 Å². The maximum atomic E-state index is 14.2. The van der Waals surface area contributed by atoms with E-state index in [9.17, 15) is 26.4 Å². The normalized spacial score (nSPS) is 17.5. The molecule has 0 aliphatic carbocycles. The number of hydrogen-bond acceptors (Lipinski definition) is 8. The van der Waals surface area contributed by atoms with Gasteiger partial charge in [0.15, 0.2) is 31.2 Å². The van der Waals surface area contributed by atoms with Crippen LogP contribution in [0.2, 0.25) is 0 Å². The molecule has 0 saturated heterocycles. The van der Waals surface area contributed by atoms with Gasteiger partial charge in [0.25, 0.3) is 0 Å². The lowest BCUT2D eigenvalue weighted by atomic mass is 9.99. The summed E-state index contributed by atoms with van der Waals surface area (Å²) in [6.07, 6.45) is -0.189. The van der Waals surface area contributed by atoms with Crippen LogP contribution in [0.15, 0.2) is 131 Å². The van der Waals surface area contributed by atoms with Crippen molar-refractivity contribution in [3.8, 4) is 11.5 Å². The molecule has 10 heteroatoms. The molecular weight excluding hydrogens is 649 g/mol. The van der Waals surface area contributed by atoms with E-state index in [2.05, 4.69) is 13.2 Å². The zero-order valence-electron chi connectivity index (χ0n) is 26.7. The van der Waals surface area contributed by atoms with Crippen LogP contribution in [0.5, 0.6) is 11.5 Å². The smallest absolute Gasteiger partial charge is 0.185 e. The van der Waals surface area contributed by atoms with Crippen molar-refractivity contribution in [2.24, 2.45) is 0 Å². The average molecular weight is 685 g/mol. The summed E-state index contributed by atoms with van der Waals surface area (Å²) in [6.45, 7) is 10.7. The van der Waals surface area contributed by atoms with Crippen molar-refractivity contribution in [2.45, 2.75) is 47.0 Å². The fourth-order valence-corrected chi connectivity index (χ4v) is 9.30. The SMILES string of the molecule is C=C1COc2ccc(C(C)=O)cc2C(S(=O)(=O)c2ccccc2)CC(=C)COc2ccc(C(C)=O)cc2C(S(=O)(=O)c2ccccc2)C1. The molecule has 0 amide bonds. The van der Waals surface area contributed by atoms with E-state index in [0.717, 1.165) is 0 Å². The van der Waals surface area contributed by atoms with Gasteiger partial charge in [-0.2, -0.15) is 0 Å². The van der Waals surface area contributed by atoms with Gasteiger partial charge in [-0.05, 0) is 98.5 Å². The van der Waals surface area contributed by atoms with Gasteiger partial charge in [-0.15, -0.1) is 0 Å². The van der Waals surface area contributed by atoms with Crippen molar-refractivity contribution in [2.75, 3.05) is 13.2 Å². The lowest BCUT2D eigenvalue weighted by Gasteiger charge is -2.26. The number of Topliss-reactive ketones (excluding diaryl/α,β-unsaturated/α-hetero) is 2. The number of rotatable bonds is 6. The van der Waals surface area contributed by atoms with Crippen LogP contribution < -0.4 is 9.47 Å². The molecule has 2 atom stereocenters. The van der Waals surface area contributed by atoms with Crippen molar-refractivity contribution in [1.82, 2.24) is 0 Å². The third kappa shape index (κ3) is 7.35. The minimum atomic E-state index is -4.05. The number of carbonyl (C=O) groups excluding carboxylic acids is 2. The Morgan fingerprint density at radius 1 is 0.583 bits per heavy atom. The standard InChI is InChI=1S/C38H36O8S2/c1-25-19-37(47(41,42)31-11-7-5-8-12-31)33-21-29(27(3)39)16-18-36(33)46-24-26(2)20-38(48(43,44)32-13-9-6-10-14-32)34-22-30(28(4)40)15-17-35(34)45-23-25/h5-18,21-22,37-38H,1-2,19-20,23-24H2,3-4H3. The van der Waals surface area contributed by atoms with Crippen LogP contribution >= 0.6 is 0 Å². The first-order valence-corrected chi connectivity index (χ1v) is 18.3. The number of ether oxygens (including phenoxy) is 2. The van der Waals surface area contributed by atoms with Crippen LogP contribution in [-0.2, 0) is 19.7 Å². The Bertz CT molecular complexity index is 1950. The Kier molecular flexibility index (Phi) is 10.2. The topological polar surface area (TPSA) is 121 Å². The lowest BCUT2D eigenvalue weighted by molar-refractivity contribution is 0.100. The summed E-state index contributed by atoms with van der Waals surface area (Å²) in [5.74, 6) is -0.0957. The molecule has 0 radical (unpaired) electrons. The molecule has 1 aliphatic heterocycles. The van der Waals surface area contributed by atoms with Crippen molar-refractivity contribution < 1.29 is 35.9 Å². The molecule has 248 valence electrons. The van der Waals surface area contributed by atoms with E-state index in [-0.39, 0.29) is 70.0 Å². The summed E-state index contributed by atoms with van der Waals surface area (Å²) in [5.41, 5.74) is 1.91. The highest BCUT2D eigenvalue weighted by molar-refractivity contribution is 7.92. The van der Waals surface area contributed by atoms with Crippen molar-refractivity contribution in [3.05, 3.63) is 144 Å². The molecule has 5 rings (SSSR count). The molecule has 4 aromatic carbocycles. The van der Waals surface area contributed by atoms with E-state index in [1.54, 1.807) is 60.7 Å². The highest BCUT2D eigenvalue weighted by Gasteiger charge is 2.35. The van der Waals surface area contributed by atoms with Crippen LogP contribution in [0, 0.1) is 0 Å². The number of benzene rings is 4. The summed E-state index contributed by atoms with van der Waals surface area (Å²) in [4.78, 5) is 25.1. The molecule has 8 nitrogen and oxygen atoms in total. The summed E-state index contributed by atoms with van der Waals surface area (Å²) in [7, 11) is -8.10. The van der Waals surface area contributed by atoms with Gasteiger partial charge in [0.1, 0.15) is 24.7 Å². The van der Waals surface area contributed by atoms with Gasteiger partial charge in [-0.25, -0.2) is 16.8 Å². The van der Waals surface area contributed by atoms with Gasteiger partial charge in [-0.3, -0.25) is 9.59 Å². The molecule has 0 spiro atoms. The molecule has 0 aromatic heterocycles. The lowest BCUT2D eigenvalue weighted by Crippen LogP contribution is -2.21. The van der Waals surface area contributed by atoms with Gasteiger partial charge in [0, 0.05) is 22.3 Å². The van der Waals surface area contributed by atoms with Crippen LogP contribution in [0.3, 0.4) is 0 Å². The molecular formula is C38H36O8S2. The Morgan fingerprint density at radius 3 is 1.27 bits per heavy atom. The molecule has 1 heterocycles. The van der Waals surface area contributed by atoms with Gasteiger partial charge in [-0.1, -0.05) is 49.6 Å². The van der Waals surface area contributed by atoms with Gasteiger partial charge in [0.2, 0.25) is 0 Å². The van der Waals surface area contributed by atoms with Crippen LogP contribution in [0.4, 0.5) is 0 Å². The van der Waals surface area contributed by atoms with E-state index in [4.69, 9.17) is 9.47 Å². The van der Waals surface area contributed by atoms with Gasteiger partial charge in [0.05, 0.1) is 20.3 Å². The maximum Gasteiger partial charge on any atom is 0.185 e. The van der Waals surface area contributed by atoms with Crippen LogP contribution in [-0.4, -0.2) is 41.6 Å². The number of ketones is 2. The second kappa shape index (κ2) is 14.1. The number of hydrogen-bond donors (Lipinski definition) is 0. The summed E-state index contributed by atoms with van der Waals surface area (Å²) < 4.78 is 69.3. The quantitative estimate of drug-likeness (QED) is 0.151. The first-order valence-electron chi connectivity index (χ1n) is 15.3. The Morgan fingerprint density at radius 2 is 0.938 bits per heavy atom. The monoisotopic (exact) mass is 684 g/mol. The maximum absolute atomic E-state index is 14.2. The van der Waals surface area contributed by atoms with Crippen LogP contribution in [0.25, 0.3) is 0 Å². The molecule has 0 fully saturated rings. The minimum absolute atomic E-state index is 0.0875. The predicted molar refractivity (Wildman–Crippen MR) is 184 cm³/mol. The molecule has 0 N–H and O–H groups in total. The molecule has 2 unspecified atom stereocenters. The molecule has 0 saturated carbocycles. The van der Waals surface area contributed by atoms with E-state index in [1.165, 1.54) is 50.2 Å². The van der Waals surface area contributed by atoms with E-state index in [1.807, 2.05) is 0 Å². The predicted octanol–water partition coefficient (Wildman–Crippen LogP) is 7.49. The number of fused-ring (bicyclic) bond motifs is 2. The van der Waals surface area contributed by atoms with Gasteiger partial charge < -0.3 is 9.47 Å². The fourth-order valence-electron chi connectivity index (χ4n) is 5.63. The van der Waals surface area contributed by atoms with Gasteiger partial charge >= 0.3 is 0 Å². The molecule has 1 aliphatic rings. The summed E-state index contributed by atoms with van der Waals surface area (Å²) in [5, 5.41) is -2.40. The average Bonchev–Trinajstić information content (AvgIpc) is 3.08. The highest BCUT2D eigenvalue weighted by atomic mass is 32.2. The molecule has 4 aromatic rings. The second-order valence-electron chi connectivity index (χ2n) is 11.8. The van der Waals surface area contributed by atoms with Crippen molar-refractivity contribution in [3.63, 3.8) is 0 Å². The zero-order chi connectivity index (χ0) is 34.6. The third-order valence-corrected chi connectivity index (χ3v) is 12.4. The van der Waals surface area contributed by atoms with Crippen LogP contribution in [0.1, 0.15) is 69.0 Å². The largest absolute Gasteiger partial charge is 0.489 e. The fraction of sp³-hybridized carbons (Fsp3) is 0.211. The number of sulfone groups is 2. The second-order valence-corrected chi connectivity index (χ2v) is 16.1. The zero-order valence-corrected chi connectivity index (χ0v) is 28.4. The first-order chi connectivity index (χ1) is 22.8. The number of carbonyl (C=O) groups is 2. The van der Waals surface area contributed by atoms with E-state index >= 15 is 0 Å². The molecule has 48 heavy (non-hydrogen) atoms. The minimum Gasteiger partial charge on any atom is -0.489 e. The summed E-state index contributed by atoms with van der Waals surface area (Å²) >= 11 is 0. The summed E-state index contributed by atoms with van der Waals surface area (Å²) in [6, 6.07) is 25.2. The van der Waals surface area contributed by atoms with Crippen molar-refractivity contribution in [1.29, 1.82) is 0 Å². The van der Waals surface area contributed by atoms with Crippen molar-refractivity contribution >= 4 is 31.2 Å². The first kappa shape index (κ1) is 34.5. The Balaban J connectivity index is 1.67. The van der Waals surface area contributed by atoms with E-state index < -0.39 is 30.2 Å². The highest BCUT2D eigenvalue weighted by Crippen LogP contribution is 2.42.